The Morgan fingerprint density at radius 3 is 2.52 bits per heavy atom. The number of fused-ring (bicyclic) bond motifs is 1. The van der Waals surface area contributed by atoms with Gasteiger partial charge in [0.2, 0.25) is 0 Å². The molecule has 29 heavy (non-hydrogen) atoms. The summed E-state index contributed by atoms with van der Waals surface area (Å²) >= 11 is 1.48. The molecule has 0 fully saturated rings. The SMILES string of the molecule is CSc1cc2c(cc1NC(=O)c1ccn(-c3ccc([N+](=O)[O-])cc3)n1)OCCO2. The van der Waals surface area contributed by atoms with Crippen LogP contribution in [0.1, 0.15) is 10.5 Å². The number of carbonyl (C=O) groups is 1. The molecule has 0 aliphatic carbocycles. The van der Waals surface area contributed by atoms with E-state index in [4.69, 9.17) is 9.47 Å². The number of nitrogens with zero attached hydrogens (tertiary/aromatic N) is 3. The van der Waals surface area contributed by atoms with Gasteiger partial charge in [-0.25, -0.2) is 4.68 Å². The van der Waals surface area contributed by atoms with Crippen molar-refractivity contribution in [3.8, 4) is 17.2 Å². The predicted octanol–water partition coefficient (Wildman–Crippen LogP) is 3.53. The second-order valence-electron chi connectivity index (χ2n) is 6.07. The Morgan fingerprint density at radius 1 is 1.17 bits per heavy atom. The van der Waals surface area contributed by atoms with Crippen molar-refractivity contribution < 1.29 is 19.2 Å². The maximum Gasteiger partial charge on any atom is 0.276 e. The van der Waals surface area contributed by atoms with E-state index in [0.717, 1.165) is 4.90 Å². The Kier molecular flexibility index (Phi) is 5.09. The van der Waals surface area contributed by atoms with Crippen LogP contribution >= 0.6 is 11.8 Å². The third-order valence-corrected chi connectivity index (χ3v) is 5.04. The van der Waals surface area contributed by atoms with Crippen molar-refractivity contribution in [1.29, 1.82) is 0 Å². The molecule has 3 aromatic rings. The monoisotopic (exact) mass is 412 g/mol. The Labute approximate surface area is 169 Å². The van der Waals surface area contributed by atoms with Gasteiger partial charge in [0.15, 0.2) is 17.2 Å². The molecular weight excluding hydrogens is 396 g/mol. The maximum absolute atomic E-state index is 12.7. The minimum absolute atomic E-state index is 0.0120. The third kappa shape index (κ3) is 3.87. The number of nitro groups is 1. The van der Waals surface area contributed by atoms with Gasteiger partial charge in [-0.15, -0.1) is 11.8 Å². The highest BCUT2D eigenvalue weighted by molar-refractivity contribution is 7.98. The van der Waals surface area contributed by atoms with E-state index in [-0.39, 0.29) is 17.3 Å². The van der Waals surface area contributed by atoms with Crippen LogP contribution in [0, 0.1) is 10.1 Å². The number of anilines is 1. The molecule has 1 aliphatic heterocycles. The predicted molar refractivity (Wildman–Crippen MR) is 107 cm³/mol. The van der Waals surface area contributed by atoms with Gasteiger partial charge in [0.1, 0.15) is 13.2 Å². The molecule has 2 heterocycles. The molecule has 1 N–H and O–H groups in total. The topological polar surface area (TPSA) is 109 Å². The first kappa shape index (κ1) is 18.8. The summed E-state index contributed by atoms with van der Waals surface area (Å²) in [6.45, 7) is 0.950. The third-order valence-electron chi connectivity index (χ3n) is 4.26. The molecule has 0 saturated carbocycles. The van der Waals surface area contributed by atoms with Gasteiger partial charge >= 0.3 is 0 Å². The first-order chi connectivity index (χ1) is 14.0. The summed E-state index contributed by atoms with van der Waals surface area (Å²) in [6.07, 6.45) is 3.53. The van der Waals surface area contributed by atoms with Crippen LogP contribution < -0.4 is 14.8 Å². The van der Waals surface area contributed by atoms with Crippen molar-refractivity contribution in [2.24, 2.45) is 0 Å². The van der Waals surface area contributed by atoms with Gasteiger partial charge in [0, 0.05) is 29.3 Å². The molecule has 0 unspecified atom stereocenters. The number of carbonyl (C=O) groups excluding carboxylic acids is 1. The van der Waals surface area contributed by atoms with Crippen LogP contribution in [0.2, 0.25) is 0 Å². The van der Waals surface area contributed by atoms with E-state index >= 15 is 0 Å². The van der Waals surface area contributed by atoms with Crippen LogP contribution in [0.3, 0.4) is 0 Å². The summed E-state index contributed by atoms with van der Waals surface area (Å²) in [7, 11) is 0. The van der Waals surface area contributed by atoms with Crippen LogP contribution in [-0.2, 0) is 0 Å². The zero-order valence-corrected chi connectivity index (χ0v) is 16.1. The normalized spacial score (nSPS) is 12.4. The molecule has 10 heteroatoms. The van der Waals surface area contributed by atoms with Crippen molar-refractivity contribution in [3.05, 3.63) is 64.5 Å². The Bertz CT molecular complexity index is 1080. The number of benzene rings is 2. The lowest BCUT2D eigenvalue weighted by Crippen LogP contribution is -2.17. The van der Waals surface area contributed by atoms with Gasteiger partial charge in [-0.2, -0.15) is 5.10 Å². The molecule has 148 valence electrons. The first-order valence-electron chi connectivity index (χ1n) is 8.64. The van der Waals surface area contributed by atoms with E-state index in [0.29, 0.717) is 36.1 Å². The molecular formula is C19H16N4O5S. The van der Waals surface area contributed by atoms with Crippen molar-refractivity contribution >= 4 is 29.0 Å². The lowest BCUT2D eigenvalue weighted by Gasteiger charge is -2.20. The molecule has 0 spiro atoms. The lowest BCUT2D eigenvalue weighted by molar-refractivity contribution is -0.384. The summed E-state index contributed by atoms with van der Waals surface area (Å²) in [6, 6.07) is 11.1. The number of aromatic nitrogens is 2. The standard InChI is InChI=1S/C19H16N4O5S/c1-29-18-11-17-16(27-8-9-28-17)10-15(18)20-19(24)14-6-7-22(21-14)12-2-4-13(5-3-12)23(25)26/h2-7,10-11H,8-9H2,1H3,(H,20,24). The highest BCUT2D eigenvalue weighted by Gasteiger charge is 2.18. The smallest absolute Gasteiger partial charge is 0.276 e. The molecule has 0 radical (unpaired) electrons. The minimum Gasteiger partial charge on any atom is -0.486 e. The number of non-ortho nitro benzene ring substituents is 1. The summed E-state index contributed by atoms with van der Waals surface area (Å²) < 4.78 is 12.6. The van der Waals surface area contributed by atoms with Gasteiger partial charge in [-0.3, -0.25) is 14.9 Å². The van der Waals surface area contributed by atoms with E-state index in [1.54, 1.807) is 30.5 Å². The number of hydrogen-bond acceptors (Lipinski definition) is 7. The van der Waals surface area contributed by atoms with Crippen molar-refractivity contribution in [3.63, 3.8) is 0 Å². The molecule has 0 atom stereocenters. The Balaban J connectivity index is 1.54. The zero-order chi connectivity index (χ0) is 20.4. The van der Waals surface area contributed by atoms with Gasteiger partial charge in [0.05, 0.1) is 16.3 Å². The second-order valence-corrected chi connectivity index (χ2v) is 6.92. The number of nitrogens with one attached hydrogen (secondary N) is 1. The van der Waals surface area contributed by atoms with E-state index in [2.05, 4.69) is 10.4 Å². The highest BCUT2D eigenvalue weighted by Crippen LogP contribution is 2.39. The number of rotatable bonds is 5. The second kappa shape index (κ2) is 7.84. The molecule has 0 bridgehead atoms. The maximum atomic E-state index is 12.7. The number of ether oxygens (including phenoxy) is 2. The molecule has 9 nitrogen and oxygen atoms in total. The number of thioether (sulfide) groups is 1. The van der Waals surface area contributed by atoms with Crippen LogP contribution in [0.15, 0.2) is 53.6 Å². The van der Waals surface area contributed by atoms with Crippen LogP contribution in [0.4, 0.5) is 11.4 Å². The summed E-state index contributed by atoms with van der Waals surface area (Å²) in [5, 5.41) is 17.9. The van der Waals surface area contributed by atoms with E-state index < -0.39 is 4.92 Å². The van der Waals surface area contributed by atoms with Crippen molar-refractivity contribution in [1.82, 2.24) is 9.78 Å². The van der Waals surface area contributed by atoms with E-state index in [1.807, 2.05) is 12.3 Å². The van der Waals surface area contributed by atoms with Gasteiger partial charge in [-0.05, 0) is 30.5 Å². The summed E-state index contributed by atoms with van der Waals surface area (Å²) in [5.74, 6) is 0.861. The molecule has 1 aliphatic rings. The van der Waals surface area contributed by atoms with Crippen LogP contribution in [-0.4, -0.2) is 40.1 Å². The minimum atomic E-state index is -0.470. The van der Waals surface area contributed by atoms with Crippen molar-refractivity contribution in [2.75, 3.05) is 24.8 Å². The van der Waals surface area contributed by atoms with Crippen LogP contribution in [0.25, 0.3) is 5.69 Å². The molecule has 0 saturated heterocycles. The van der Waals surface area contributed by atoms with E-state index in [9.17, 15) is 14.9 Å². The van der Waals surface area contributed by atoms with Crippen molar-refractivity contribution in [2.45, 2.75) is 4.90 Å². The average molecular weight is 412 g/mol. The fraction of sp³-hybridized carbons (Fsp3) is 0.158. The number of hydrogen-bond donors (Lipinski definition) is 1. The highest BCUT2D eigenvalue weighted by atomic mass is 32.2. The Hall–Kier alpha value is -3.53. The number of nitro benzene ring substituents is 1. The molecule has 4 rings (SSSR count). The molecule has 1 aromatic heterocycles. The lowest BCUT2D eigenvalue weighted by atomic mass is 10.2. The molecule has 1 amide bonds. The first-order valence-corrected chi connectivity index (χ1v) is 9.87. The fourth-order valence-corrected chi connectivity index (χ4v) is 3.39. The zero-order valence-electron chi connectivity index (χ0n) is 15.3. The number of amides is 1. The summed E-state index contributed by atoms with van der Waals surface area (Å²) in [5.41, 5.74) is 1.42. The summed E-state index contributed by atoms with van der Waals surface area (Å²) in [4.78, 5) is 23.8. The largest absolute Gasteiger partial charge is 0.486 e. The van der Waals surface area contributed by atoms with Crippen LogP contribution in [0.5, 0.6) is 11.5 Å². The van der Waals surface area contributed by atoms with E-state index in [1.165, 1.54) is 28.6 Å². The Morgan fingerprint density at radius 2 is 1.86 bits per heavy atom. The molecule has 2 aromatic carbocycles. The van der Waals surface area contributed by atoms with Gasteiger partial charge in [0.25, 0.3) is 11.6 Å². The average Bonchev–Trinajstić information content (AvgIpc) is 3.23. The van der Waals surface area contributed by atoms with Gasteiger partial charge < -0.3 is 14.8 Å². The fourth-order valence-electron chi connectivity index (χ4n) is 2.84. The quantitative estimate of drug-likeness (QED) is 0.388. The van der Waals surface area contributed by atoms with Gasteiger partial charge in [-0.1, -0.05) is 0 Å².